The SMILES string of the molecule is NCC(c1cccc(Br)c1)N(CC1CC1)C1CC1. The van der Waals surface area contributed by atoms with Crippen molar-refractivity contribution in [3.63, 3.8) is 0 Å². The number of halogens is 1. The van der Waals surface area contributed by atoms with E-state index in [-0.39, 0.29) is 0 Å². The van der Waals surface area contributed by atoms with E-state index in [1.54, 1.807) is 0 Å². The standard InChI is InChI=1S/C15H21BrN2/c16-13-3-1-2-12(8-13)15(9-17)18(14-6-7-14)10-11-4-5-11/h1-3,8,11,14-15H,4-7,9-10,17H2. The zero-order valence-electron chi connectivity index (χ0n) is 10.7. The van der Waals surface area contributed by atoms with Crippen molar-refractivity contribution in [2.75, 3.05) is 13.1 Å². The number of benzene rings is 1. The molecule has 18 heavy (non-hydrogen) atoms. The van der Waals surface area contributed by atoms with E-state index in [4.69, 9.17) is 5.73 Å². The van der Waals surface area contributed by atoms with Gasteiger partial charge >= 0.3 is 0 Å². The predicted octanol–water partition coefficient (Wildman–Crippen LogP) is 3.32. The molecular formula is C15H21BrN2. The predicted molar refractivity (Wildman–Crippen MR) is 78.4 cm³/mol. The minimum atomic E-state index is 0.399. The fourth-order valence-electron chi connectivity index (χ4n) is 2.71. The summed E-state index contributed by atoms with van der Waals surface area (Å²) in [7, 11) is 0. The first kappa shape index (κ1) is 12.6. The molecule has 2 aliphatic carbocycles. The summed E-state index contributed by atoms with van der Waals surface area (Å²) in [6.45, 7) is 1.97. The third-order valence-corrected chi connectivity index (χ3v) is 4.53. The third-order valence-electron chi connectivity index (χ3n) is 4.04. The Kier molecular flexibility index (Phi) is 3.73. The average molecular weight is 309 g/mol. The van der Waals surface area contributed by atoms with Crippen molar-refractivity contribution < 1.29 is 0 Å². The van der Waals surface area contributed by atoms with Crippen LogP contribution in [-0.4, -0.2) is 24.0 Å². The number of nitrogens with zero attached hydrogens (tertiary/aromatic N) is 1. The Morgan fingerprint density at radius 2 is 2.06 bits per heavy atom. The van der Waals surface area contributed by atoms with Gasteiger partial charge in [-0.2, -0.15) is 0 Å². The van der Waals surface area contributed by atoms with Crippen LogP contribution in [-0.2, 0) is 0 Å². The molecule has 0 amide bonds. The fourth-order valence-corrected chi connectivity index (χ4v) is 3.13. The summed E-state index contributed by atoms with van der Waals surface area (Å²) in [6, 6.07) is 9.82. The Balaban J connectivity index is 1.79. The second kappa shape index (κ2) is 5.32. The molecule has 2 aliphatic rings. The van der Waals surface area contributed by atoms with Crippen LogP contribution in [0.5, 0.6) is 0 Å². The minimum absolute atomic E-state index is 0.399. The summed E-state index contributed by atoms with van der Waals surface area (Å²) >= 11 is 3.57. The van der Waals surface area contributed by atoms with Crippen LogP contribution < -0.4 is 5.73 Å². The summed E-state index contributed by atoms with van der Waals surface area (Å²) in [5.74, 6) is 0.937. The topological polar surface area (TPSA) is 29.3 Å². The quantitative estimate of drug-likeness (QED) is 0.873. The number of hydrogen-bond donors (Lipinski definition) is 1. The molecule has 0 heterocycles. The van der Waals surface area contributed by atoms with Gasteiger partial charge < -0.3 is 5.73 Å². The smallest absolute Gasteiger partial charge is 0.0473 e. The van der Waals surface area contributed by atoms with Crippen LogP contribution in [0.15, 0.2) is 28.7 Å². The van der Waals surface area contributed by atoms with Gasteiger partial charge in [0, 0.05) is 29.6 Å². The van der Waals surface area contributed by atoms with Gasteiger partial charge in [-0.15, -0.1) is 0 Å². The van der Waals surface area contributed by atoms with E-state index < -0.39 is 0 Å². The van der Waals surface area contributed by atoms with Crippen molar-refractivity contribution in [2.24, 2.45) is 11.7 Å². The molecule has 3 rings (SSSR count). The highest BCUT2D eigenvalue weighted by atomic mass is 79.9. The lowest BCUT2D eigenvalue weighted by atomic mass is 10.0. The molecule has 0 aromatic heterocycles. The third kappa shape index (κ3) is 2.95. The molecule has 2 saturated carbocycles. The van der Waals surface area contributed by atoms with Crippen LogP contribution in [0.3, 0.4) is 0 Å². The highest BCUT2D eigenvalue weighted by Gasteiger charge is 2.37. The molecule has 0 bridgehead atoms. The van der Waals surface area contributed by atoms with Gasteiger partial charge in [0.2, 0.25) is 0 Å². The summed E-state index contributed by atoms with van der Waals surface area (Å²) < 4.78 is 1.15. The van der Waals surface area contributed by atoms with Crippen molar-refractivity contribution in [3.05, 3.63) is 34.3 Å². The first-order chi connectivity index (χ1) is 8.78. The zero-order chi connectivity index (χ0) is 12.5. The summed E-state index contributed by atoms with van der Waals surface area (Å²) in [6.07, 6.45) is 5.55. The maximum absolute atomic E-state index is 6.06. The second-order valence-corrected chi connectivity index (χ2v) is 6.59. The van der Waals surface area contributed by atoms with Crippen LogP contribution in [0.2, 0.25) is 0 Å². The lowest BCUT2D eigenvalue weighted by Gasteiger charge is -2.31. The van der Waals surface area contributed by atoms with E-state index in [2.05, 4.69) is 45.1 Å². The van der Waals surface area contributed by atoms with Gasteiger partial charge in [-0.05, 0) is 49.3 Å². The average Bonchev–Trinajstić information content (AvgIpc) is 3.23. The van der Waals surface area contributed by atoms with Gasteiger partial charge in [0.25, 0.3) is 0 Å². The number of hydrogen-bond acceptors (Lipinski definition) is 2. The Hall–Kier alpha value is -0.380. The summed E-state index contributed by atoms with van der Waals surface area (Å²) in [5, 5.41) is 0. The molecular weight excluding hydrogens is 288 g/mol. The maximum atomic E-state index is 6.06. The maximum Gasteiger partial charge on any atom is 0.0473 e. The molecule has 98 valence electrons. The van der Waals surface area contributed by atoms with Crippen molar-refractivity contribution >= 4 is 15.9 Å². The minimum Gasteiger partial charge on any atom is -0.329 e. The highest BCUT2D eigenvalue weighted by Crippen LogP contribution is 2.39. The zero-order valence-corrected chi connectivity index (χ0v) is 12.3. The van der Waals surface area contributed by atoms with Gasteiger partial charge in [0.1, 0.15) is 0 Å². The first-order valence-electron chi connectivity index (χ1n) is 6.99. The summed E-state index contributed by atoms with van der Waals surface area (Å²) in [5.41, 5.74) is 7.42. The number of rotatable bonds is 6. The first-order valence-corrected chi connectivity index (χ1v) is 7.78. The number of nitrogens with two attached hydrogens (primary N) is 1. The lowest BCUT2D eigenvalue weighted by molar-refractivity contribution is 0.183. The largest absolute Gasteiger partial charge is 0.329 e. The molecule has 3 heteroatoms. The Morgan fingerprint density at radius 1 is 1.28 bits per heavy atom. The molecule has 0 saturated heterocycles. The highest BCUT2D eigenvalue weighted by molar-refractivity contribution is 9.10. The normalized spacial score (nSPS) is 21.3. The van der Waals surface area contributed by atoms with E-state index in [9.17, 15) is 0 Å². The van der Waals surface area contributed by atoms with E-state index in [1.807, 2.05) is 0 Å². The Labute approximate surface area is 118 Å². The van der Waals surface area contributed by atoms with Crippen LogP contribution in [0.4, 0.5) is 0 Å². The van der Waals surface area contributed by atoms with Crippen LogP contribution in [0.25, 0.3) is 0 Å². The molecule has 1 atom stereocenters. The molecule has 1 unspecified atom stereocenters. The molecule has 2 fully saturated rings. The molecule has 0 spiro atoms. The van der Waals surface area contributed by atoms with E-state index >= 15 is 0 Å². The lowest BCUT2D eigenvalue weighted by Crippen LogP contribution is -2.37. The molecule has 2 nitrogen and oxygen atoms in total. The molecule has 0 radical (unpaired) electrons. The van der Waals surface area contributed by atoms with Crippen molar-refractivity contribution in [1.29, 1.82) is 0 Å². The van der Waals surface area contributed by atoms with Gasteiger partial charge in [-0.3, -0.25) is 4.90 Å². The van der Waals surface area contributed by atoms with Gasteiger partial charge in [-0.25, -0.2) is 0 Å². The Bertz CT molecular complexity index is 413. The van der Waals surface area contributed by atoms with Crippen molar-refractivity contribution in [3.8, 4) is 0 Å². The van der Waals surface area contributed by atoms with E-state index in [0.29, 0.717) is 6.04 Å². The molecule has 2 N–H and O–H groups in total. The van der Waals surface area contributed by atoms with E-state index in [0.717, 1.165) is 23.0 Å². The van der Waals surface area contributed by atoms with Gasteiger partial charge in [0.05, 0.1) is 0 Å². The van der Waals surface area contributed by atoms with Gasteiger partial charge in [-0.1, -0.05) is 28.1 Å². The molecule has 1 aromatic rings. The second-order valence-electron chi connectivity index (χ2n) is 5.68. The van der Waals surface area contributed by atoms with Gasteiger partial charge in [0.15, 0.2) is 0 Å². The Morgan fingerprint density at radius 3 is 2.61 bits per heavy atom. The summed E-state index contributed by atoms with van der Waals surface area (Å²) in [4.78, 5) is 2.67. The van der Waals surface area contributed by atoms with Crippen LogP contribution >= 0.6 is 15.9 Å². The monoisotopic (exact) mass is 308 g/mol. The van der Waals surface area contributed by atoms with Crippen molar-refractivity contribution in [1.82, 2.24) is 4.90 Å². The van der Waals surface area contributed by atoms with Crippen LogP contribution in [0, 0.1) is 5.92 Å². The molecule has 1 aromatic carbocycles. The van der Waals surface area contributed by atoms with E-state index in [1.165, 1.54) is 37.8 Å². The fraction of sp³-hybridized carbons (Fsp3) is 0.600. The van der Waals surface area contributed by atoms with Crippen LogP contribution in [0.1, 0.15) is 37.3 Å². The molecule has 0 aliphatic heterocycles. The van der Waals surface area contributed by atoms with Crippen molar-refractivity contribution in [2.45, 2.75) is 37.8 Å².